The number of nitrogens with one attached hydrogen (secondary N) is 1. The Labute approximate surface area is 155 Å². The van der Waals surface area contributed by atoms with E-state index >= 15 is 0 Å². The van der Waals surface area contributed by atoms with Crippen molar-refractivity contribution >= 4 is 31.6 Å². The molecular weight excluding hydrogens is 375 g/mol. The molecule has 0 spiro atoms. The molecule has 2 aromatic carbocycles. The summed E-state index contributed by atoms with van der Waals surface area (Å²) in [7, 11) is -3.77. The summed E-state index contributed by atoms with van der Waals surface area (Å²) in [5, 5.41) is 0. The molecule has 0 amide bonds. The lowest BCUT2D eigenvalue weighted by molar-refractivity contribution is 0.566. The van der Waals surface area contributed by atoms with E-state index in [0.717, 1.165) is 23.3 Å². The van der Waals surface area contributed by atoms with Gasteiger partial charge in [-0.1, -0.05) is 30.4 Å². The van der Waals surface area contributed by atoms with Crippen LogP contribution in [0.1, 0.15) is 31.9 Å². The van der Waals surface area contributed by atoms with Crippen molar-refractivity contribution in [2.45, 2.75) is 37.8 Å². The molecule has 0 aliphatic heterocycles. The third-order valence-electron chi connectivity index (χ3n) is 4.10. The third kappa shape index (κ3) is 3.72. The maximum atomic E-state index is 13.0. The van der Waals surface area contributed by atoms with Gasteiger partial charge in [-0.15, -0.1) is 0 Å². The van der Waals surface area contributed by atoms with Gasteiger partial charge in [-0.25, -0.2) is 17.5 Å². The van der Waals surface area contributed by atoms with Crippen LogP contribution in [0, 0.1) is 5.82 Å². The van der Waals surface area contributed by atoms with E-state index in [4.69, 9.17) is 0 Å². The van der Waals surface area contributed by atoms with E-state index in [-0.39, 0.29) is 15.6 Å². The second kappa shape index (κ2) is 7.30. The smallest absolute Gasteiger partial charge is 0.299 e. The van der Waals surface area contributed by atoms with Crippen molar-refractivity contribution < 1.29 is 12.8 Å². The molecule has 0 radical (unpaired) electrons. The predicted octanol–water partition coefficient (Wildman–Crippen LogP) is 3.65. The summed E-state index contributed by atoms with van der Waals surface area (Å²) < 4.78 is 43.3. The zero-order valence-corrected chi connectivity index (χ0v) is 16.0. The van der Waals surface area contributed by atoms with Crippen LogP contribution in [0.2, 0.25) is 0 Å². The molecule has 3 rings (SSSR count). The Kier molecular flexibility index (Phi) is 5.27. The maximum Gasteiger partial charge on any atom is 0.308 e. The number of thiazole rings is 1. The summed E-state index contributed by atoms with van der Waals surface area (Å²) in [4.78, 5) is 12.1. The van der Waals surface area contributed by atoms with Crippen LogP contribution in [0.5, 0.6) is 0 Å². The van der Waals surface area contributed by atoms with Gasteiger partial charge in [0.25, 0.3) is 0 Å². The van der Waals surface area contributed by atoms with Gasteiger partial charge in [0, 0.05) is 12.6 Å². The highest BCUT2D eigenvalue weighted by Crippen LogP contribution is 2.23. The lowest BCUT2D eigenvalue weighted by Gasteiger charge is -2.15. The monoisotopic (exact) mass is 394 g/mol. The van der Waals surface area contributed by atoms with Crippen molar-refractivity contribution in [1.29, 1.82) is 0 Å². The minimum absolute atomic E-state index is 0.0935. The van der Waals surface area contributed by atoms with E-state index in [1.165, 1.54) is 24.3 Å². The van der Waals surface area contributed by atoms with Gasteiger partial charge >= 0.3 is 4.87 Å². The number of nitrogens with zero attached hydrogens (tertiary/aromatic N) is 1. The number of halogens is 1. The fourth-order valence-electron chi connectivity index (χ4n) is 2.77. The van der Waals surface area contributed by atoms with E-state index in [9.17, 15) is 17.6 Å². The molecule has 26 heavy (non-hydrogen) atoms. The third-order valence-corrected chi connectivity index (χ3v) is 6.58. The quantitative estimate of drug-likeness (QED) is 0.694. The predicted molar refractivity (Wildman–Crippen MR) is 102 cm³/mol. The zero-order valence-electron chi connectivity index (χ0n) is 14.4. The summed E-state index contributed by atoms with van der Waals surface area (Å²) in [6, 6.07) is 9.85. The zero-order chi connectivity index (χ0) is 18.9. The largest absolute Gasteiger partial charge is 0.308 e. The van der Waals surface area contributed by atoms with Crippen LogP contribution in [0.15, 0.2) is 52.2 Å². The van der Waals surface area contributed by atoms with Crippen molar-refractivity contribution in [2.75, 3.05) is 0 Å². The summed E-state index contributed by atoms with van der Waals surface area (Å²) in [5.74, 6) is -0.374. The SMILES string of the molecule is CCCn1c(=O)sc2cc(S(=O)(=O)N[C@@H](C)c3ccc(F)cc3)ccc21. The Hall–Kier alpha value is -2.03. The van der Waals surface area contributed by atoms with Crippen LogP contribution < -0.4 is 9.60 Å². The molecule has 1 atom stereocenters. The van der Waals surface area contributed by atoms with E-state index < -0.39 is 16.1 Å². The molecule has 138 valence electrons. The number of benzene rings is 2. The van der Waals surface area contributed by atoms with Crippen molar-refractivity contribution in [1.82, 2.24) is 9.29 Å². The molecule has 1 heterocycles. The molecule has 0 bridgehead atoms. The number of fused-ring (bicyclic) bond motifs is 1. The number of sulfonamides is 1. The van der Waals surface area contributed by atoms with Crippen LogP contribution in [0.25, 0.3) is 10.2 Å². The van der Waals surface area contributed by atoms with Crippen molar-refractivity contribution in [3.63, 3.8) is 0 Å². The van der Waals surface area contributed by atoms with Crippen LogP contribution in [-0.4, -0.2) is 13.0 Å². The van der Waals surface area contributed by atoms with Crippen molar-refractivity contribution in [3.05, 3.63) is 63.5 Å². The first-order chi connectivity index (χ1) is 12.3. The molecule has 8 heteroatoms. The summed E-state index contributed by atoms with van der Waals surface area (Å²) in [6.45, 7) is 4.28. The molecule has 0 saturated heterocycles. The highest BCUT2D eigenvalue weighted by Gasteiger charge is 2.20. The Morgan fingerprint density at radius 2 is 1.88 bits per heavy atom. The van der Waals surface area contributed by atoms with Gasteiger partial charge in [-0.05, 0) is 49.2 Å². The van der Waals surface area contributed by atoms with E-state index in [1.807, 2.05) is 6.92 Å². The number of aryl methyl sites for hydroxylation is 1. The standard InChI is InChI=1S/C18H19FN2O3S2/c1-3-10-21-16-9-8-15(11-17(16)25-18(21)22)26(23,24)20-12(2)13-4-6-14(19)7-5-13/h4-9,11-12,20H,3,10H2,1-2H3/t12-/m0/s1. The Bertz CT molecular complexity index is 1090. The maximum absolute atomic E-state index is 13.0. The van der Waals surface area contributed by atoms with Gasteiger partial charge in [0.05, 0.1) is 15.1 Å². The highest BCUT2D eigenvalue weighted by molar-refractivity contribution is 7.89. The molecular formula is C18H19FN2O3S2. The van der Waals surface area contributed by atoms with E-state index in [0.29, 0.717) is 16.8 Å². The molecule has 1 N–H and O–H groups in total. The van der Waals surface area contributed by atoms with Crippen molar-refractivity contribution in [2.24, 2.45) is 0 Å². The summed E-state index contributed by atoms with van der Waals surface area (Å²) in [6.07, 6.45) is 0.822. The normalized spacial score (nSPS) is 13.2. The van der Waals surface area contributed by atoms with Gasteiger partial charge in [0.1, 0.15) is 5.82 Å². The van der Waals surface area contributed by atoms with Gasteiger partial charge in [-0.3, -0.25) is 9.36 Å². The minimum atomic E-state index is -3.77. The second-order valence-electron chi connectivity index (χ2n) is 6.04. The van der Waals surface area contributed by atoms with Gasteiger partial charge < -0.3 is 0 Å². The van der Waals surface area contributed by atoms with E-state index in [2.05, 4.69) is 4.72 Å². The van der Waals surface area contributed by atoms with Crippen LogP contribution >= 0.6 is 11.3 Å². The van der Waals surface area contributed by atoms with E-state index in [1.54, 1.807) is 29.7 Å². The molecule has 0 aliphatic carbocycles. The van der Waals surface area contributed by atoms with Gasteiger partial charge in [-0.2, -0.15) is 0 Å². The number of hydrogen-bond acceptors (Lipinski definition) is 4. The van der Waals surface area contributed by atoms with Crippen LogP contribution in [-0.2, 0) is 16.6 Å². The van der Waals surface area contributed by atoms with Gasteiger partial charge in [0.2, 0.25) is 10.0 Å². The fraction of sp³-hybridized carbons (Fsp3) is 0.278. The number of hydrogen-bond donors (Lipinski definition) is 1. The van der Waals surface area contributed by atoms with Gasteiger partial charge in [0.15, 0.2) is 0 Å². The lowest BCUT2D eigenvalue weighted by Crippen LogP contribution is -2.26. The lowest BCUT2D eigenvalue weighted by atomic mass is 10.1. The van der Waals surface area contributed by atoms with Crippen molar-refractivity contribution in [3.8, 4) is 0 Å². The molecule has 1 aromatic heterocycles. The average molecular weight is 394 g/mol. The summed E-state index contributed by atoms with van der Waals surface area (Å²) in [5.41, 5.74) is 1.40. The minimum Gasteiger partial charge on any atom is -0.299 e. The first-order valence-electron chi connectivity index (χ1n) is 8.23. The second-order valence-corrected chi connectivity index (χ2v) is 8.75. The Morgan fingerprint density at radius 1 is 1.19 bits per heavy atom. The molecule has 0 unspecified atom stereocenters. The molecule has 3 aromatic rings. The first-order valence-corrected chi connectivity index (χ1v) is 10.5. The Balaban J connectivity index is 1.91. The topological polar surface area (TPSA) is 68.2 Å². The van der Waals surface area contributed by atoms with Crippen LogP contribution in [0.3, 0.4) is 0 Å². The average Bonchev–Trinajstić information content (AvgIpc) is 2.90. The fourth-order valence-corrected chi connectivity index (χ4v) is 5.06. The molecule has 5 nitrogen and oxygen atoms in total. The Morgan fingerprint density at radius 3 is 2.54 bits per heavy atom. The number of rotatable bonds is 6. The summed E-state index contributed by atoms with van der Waals surface area (Å²) >= 11 is 1.04. The number of aromatic nitrogens is 1. The highest BCUT2D eigenvalue weighted by atomic mass is 32.2. The molecule has 0 fully saturated rings. The molecule has 0 saturated carbocycles. The first kappa shape index (κ1) is 18.8. The van der Waals surface area contributed by atoms with Crippen LogP contribution in [0.4, 0.5) is 4.39 Å². The molecule has 0 aliphatic rings.